The molecule has 1 atom stereocenters. The standard InChI is InChI=1S/C17H27N3O3S/c1-13-7-8-15(11-16(13)24(22,23)19(3)4)17(21)18-12-14(2)20-9-5-6-10-20/h7-8,11,14H,5-6,9-10,12H2,1-4H3,(H,18,21). The van der Waals surface area contributed by atoms with Crippen LogP contribution in [-0.2, 0) is 10.0 Å². The number of aryl methyl sites for hydroxylation is 1. The summed E-state index contributed by atoms with van der Waals surface area (Å²) in [6, 6.07) is 5.09. The third kappa shape index (κ3) is 4.15. The number of sulfonamides is 1. The summed E-state index contributed by atoms with van der Waals surface area (Å²) in [5, 5.41) is 2.91. The zero-order valence-electron chi connectivity index (χ0n) is 14.9. The number of nitrogens with zero attached hydrogens (tertiary/aromatic N) is 2. The largest absolute Gasteiger partial charge is 0.350 e. The van der Waals surface area contributed by atoms with Crippen molar-refractivity contribution in [3.05, 3.63) is 29.3 Å². The first kappa shape index (κ1) is 18.9. The zero-order valence-corrected chi connectivity index (χ0v) is 15.7. The monoisotopic (exact) mass is 353 g/mol. The van der Waals surface area contributed by atoms with Crippen molar-refractivity contribution in [1.29, 1.82) is 0 Å². The van der Waals surface area contributed by atoms with E-state index in [4.69, 9.17) is 0 Å². The summed E-state index contributed by atoms with van der Waals surface area (Å²) in [5.41, 5.74) is 1.00. The van der Waals surface area contributed by atoms with Gasteiger partial charge in [-0.3, -0.25) is 9.69 Å². The fraction of sp³-hybridized carbons (Fsp3) is 0.588. The second-order valence-corrected chi connectivity index (χ2v) is 8.69. The summed E-state index contributed by atoms with van der Waals surface area (Å²) in [4.78, 5) is 14.9. The van der Waals surface area contributed by atoms with E-state index >= 15 is 0 Å². The van der Waals surface area contributed by atoms with Crippen molar-refractivity contribution in [3.63, 3.8) is 0 Å². The van der Waals surface area contributed by atoms with Crippen LogP contribution >= 0.6 is 0 Å². The molecule has 1 aliphatic heterocycles. The van der Waals surface area contributed by atoms with Crippen LogP contribution in [0.25, 0.3) is 0 Å². The summed E-state index contributed by atoms with van der Waals surface area (Å²) in [7, 11) is -0.592. The number of hydrogen-bond acceptors (Lipinski definition) is 4. The van der Waals surface area contributed by atoms with Gasteiger partial charge in [0.1, 0.15) is 0 Å². The Morgan fingerprint density at radius 1 is 1.29 bits per heavy atom. The van der Waals surface area contributed by atoms with Gasteiger partial charge < -0.3 is 5.32 Å². The van der Waals surface area contributed by atoms with E-state index in [1.807, 2.05) is 0 Å². The van der Waals surface area contributed by atoms with Crippen LogP contribution in [0.2, 0.25) is 0 Å². The molecule has 1 amide bonds. The number of nitrogens with one attached hydrogen (secondary N) is 1. The number of carbonyl (C=O) groups is 1. The molecule has 2 rings (SSSR count). The van der Waals surface area contributed by atoms with E-state index in [2.05, 4.69) is 17.1 Å². The molecule has 1 aromatic rings. The third-order valence-electron chi connectivity index (χ3n) is 4.53. The predicted molar refractivity (Wildman–Crippen MR) is 94.7 cm³/mol. The Morgan fingerprint density at radius 3 is 2.50 bits per heavy atom. The molecule has 1 N–H and O–H groups in total. The van der Waals surface area contributed by atoms with Gasteiger partial charge in [-0.1, -0.05) is 6.07 Å². The average molecular weight is 353 g/mol. The Labute approximate surface area is 144 Å². The number of hydrogen-bond donors (Lipinski definition) is 1. The number of benzene rings is 1. The first-order valence-corrected chi connectivity index (χ1v) is 9.73. The minimum atomic E-state index is -3.56. The molecule has 0 bridgehead atoms. The van der Waals surface area contributed by atoms with E-state index < -0.39 is 10.0 Å². The minimum absolute atomic E-state index is 0.174. The maximum absolute atomic E-state index is 12.4. The lowest BCUT2D eigenvalue weighted by molar-refractivity contribution is 0.0940. The molecule has 7 heteroatoms. The van der Waals surface area contributed by atoms with Crippen molar-refractivity contribution in [1.82, 2.24) is 14.5 Å². The summed E-state index contributed by atoms with van der Waals surface area (Å²) < 4.78 is 25.9. The second kappa shape index (κ2) is 7.63. The fourth-order valence-corrected chi connectivity index (χ4v) is 4.01. The molecular formula is C17H27N3O3S. The maximum atomic E-state index is 12.4. The lowest BCUT2D eigenvalue weighted by atomic mass is 10.1. The van der Waals surface area contributed by atoms with Crippen LogP contribution in [0.5, 0.6) is 0 Å². The molecule has 1 aromatic carbocycles. The van der Waals surface area contributed by atoms with Gasteiger partial charge in [0, 0.05) is 32.2 Å². The number of amides is 1. The molecule has 134 valence electrons. The van der Waals surface area contributed by atoms with E-state index in [-0.39, 0.29) is 16.8 Å². The van der Waals surface area contributed by atoms with Gasteiger partial charge in [-0.05, 0) is 57.5 Å². The highest BCUT2D eigenvalue weighted by Gasteiger charge is 2.22. The topological polar surface area (TPSA) is 69.7 Å². The highest BCUT2D eigenvalue weighted by Crippen LogP contribution is 2.20. The van der Waals surface area contributed by atoms with Gasteiger partial charge in [0.15, 0.2) is 0 Å². The molecule has 0 radical (unpaired) electrons. The first-order valence-electron chi connectivity index (χ1n) is 8.29. The van der Waals surface area contributed by atoms with Crippen LogP contribution in [0.3, 0.4) is 0 Å². The molecule has 0 aromatic heterocycles. The highest BCUT2D eigenvalue weighted by atomic mass is 32.2. The Balaban J connectivity index is 2.10. The fourth-order valence-electron chi connectivity index (χ4n) is 2.87. The van der Waals surface area contributed by atoms with Gasteiger partial charge in [-0.25, -0.2) is 12.7 Å². The van der Waals surface area contributed by atoms with Gasteiger partial charge in [0.2, 0.25) is 10.0 Å². The molecule has 24 heavy (non-hydrogen) atoms. The van der Waals surface area contributed by atoms with Gasteiger partial charge in [0.05, 0.1) is 4.90 Å². The van der Waals surface area contributed by atoms with Gasteiger partial charge in [0.25, 0.3) is 5.91 Å². The molecule has 1 unspecified atom stereocenters. The van der Waals surface area contributed by atoms with Gasteiger partial charge in [-0.2, -0.15) is 0 Å². The average Bonchev–Trinajstić information content (AvgIpc) is 3.06. The molecule has 1 fully saturated rings. The van der Waals surface area contributed by atoms with Crippen molar-refractivity contribution >= 4 is 15.9 Å². The second-order valence-electron chi connectivity index (χ2n) is 6.57. The Kier molecular flexibility index (Phi) is 6.01. The van der Waals surface area contributed by atoms with E-state index in [0.29, 0.717) is 17.7 Å². The maximum Gasteiger partial charge on any atom is 0.251 e. The smallest absolute Gasteiger partial charge is 0.251 e. The van der Waals surface area contributed by atoms with Crippen LogP contribution in [0, 0.1) is 6.92 Å². The first-order chi connectivity index (χ1) is 11.2. The number of rotatable bonds is 6. The van der Waals surface area contributed by atoms with Crippen molar-refractivity contribution in [2.45, 2.75) is 37.6 Å². The van der Waals surface area contributed by atoms with Crippen molar-refractivity contribution in [3.8, 4) is 0 Å². The molecule has 1 saturated heterocycles. The van der Waals surface area contributed by atoms with Crippen molar-refractivity contribution in [2.75, 3.05) is 33.7 Å². The van der Waals surface area contributed by atoms with E-state index in [1.165, 1.54) is 33.0 Å². The summed E-state index contributed by atoms with van der Waals surface area (Å²) >= 11 is 0. The summed E-state index contributed by atoms with van der Waals surface area (Å²) in [6.07, 6.45) is 2.42. The number of carbonyl (C=O) groups excluding carboxylic acids is 1. The molecule has 1 heterocycles. The lowest BCUT2D eigenvalue weighted by Crippen LogP contribution is -2.40. The molecule has 6 nitrogen and oxygen atoms in total. The van der Waals surface area contributed by atoms with Gasteiger partial charge in [-0.15, -0.1) is 0 Å². The Morgan fingerprint density at radius 2 is 1.92 bits per heavy atom. The van der Waals surface area contributed by atoms with Crippen LogP contribution in [-0.4, -0.2) is 63.3 Å². The lowest BCUT2D eigenvalue weighted by Gasteiger charge is -2.24. The van der Waals surface area contributed by atoms with Crippen LogP contribution in [0.1, 0.15) is 35.7 Å². The highest BCUT2D eigenvalue weighted by molar-refractivity contribution is 7.89. The Hall–Kier alpha value is -1.44. The van der Waals surface area contributed by atoms with Crippen molar-refractivity contribution in [2.24, 2.45) is 0 Å². The Bertz CT molecular complexity index is 695. The van der Waals surface area contributed by atoms with Crippen LogP contribution in [0.15, 0.2) is 23.1 Å². The van der Waals surface area contributed by atoms with E-state index in [1.54, 1.807) is 19.1 Å². The van der Waals surface area contributed by atoms with Crippen molar-refractivity contribution < 1.29 is 13.2 Å². The molecule has 1 aliphatic rings. The summed E-state index contributed by atoms with van der Waals surface area (Å²) in [6.45, 7) is 6.54. The summed E-state index contributed by atoms with van der Waals surface area (Å²) in [5.74, 6) is -0.240. The van der Waals surface area contributed by atoms with Crippen LogP contribution in [0.4, 0.5) is 0 Å². The molecular weight excluding hydrogens is 326 g/mol. The van der Waals surface area contributed by atoms with E-state index in [0.717, 1.165) is 17.4 Å². The normalized spacial score (nSPS) is 17.2. The van der Waals surface area contributed by atoms with Gasteiger partial charge >= 0.3 is 0 Å². The quantitative estimate of drug-likeness (QED) is 0.841. The molecule has 0 saturated carbocycles. The third-order valence-corrected chi connectivity index (χ3v) is 6.49. The zero-order chi connectivity index (χ0) is 17.9. The SMILES string of the molecule is Cc1ccc(C(=O)NCC(C)N2CCCC2)cc1S(=O)(=O)N(C)C. The van der Waals surface area contributed by atoms with Crippen LogP contribution < -0.4 is 5.32 Å². The molecule has 0 spiro atoms. The molecule has 0 aliphatic carbocycles. The number of likely N-dealkylation sites (tertiary alicyclic amines) is 1. The minimum Gasteiger partial charge on any atom is -0.350 e. The van der Waals surface area contributed by atoms with E-state index in [9.17, 15) is 13.2 Å². The predicted octanol–water partition coefficient (Wildman–Crippen LogP) is 1.46.